The third-order valence-electron chi connectivity index (χ3n) is 2.66. The molecular formula is C14H16BrN3O3. The summed E-state index contributed by atoms with van der Waals surface area (Å²) in [5.74, 6) is -0.925. The Hall–Kier alpha value is -2.07. The van der Waals surface area contributed by atoms with E-state index in [0.29, 0.717) is 22.1 Å². The first-order valence-corrected chi connectivity index (χ1v) is 7.12. The molecule has 0 unspecified atom stereocenters. The van der Waals surface area contributed by atoms with Crippen molar-refractivity contribution in [1.82, 2.24) is 5.32 Å². The van der Waals surface area contributed by atoms with Crippen molar-refractivity contribution in [1.29, 1.82) is 5.26 Å². The molecule has 7 heteroatoms. The average molecular weight is 354 g/mol. The summed E-state index contributed by atoms with van der Waals surface area (Å²) in [7, 11) is 0. The lowest BCUT2D eigenvalue weighted by molar-refractivity contribution is -0.139. The third-order valence-corrected chi connectivity index (χ3v) is 3.31. The SMILES string of the molecule is CC(C)C[C@@H](NC(=O)Nc1ccc(C#N)cc1Br)C(=O)O. The summed E-state index contributed by atoms with van der Waals surface area (Å²) in [5, 5.41) is 22.8. The summed E-state index contributed by atoms with van der Waals surface area (Å²) in [6, 6.07) is 5.13. The molecule has 0 saturated heterocycles. The number of urea groups is 1. The predicted octanol–water partition coefficient (Wildman–Crippen LogP) is 2.94. The fraction of sp³-hybridized carbons (Fsp3) is 0.357. The number of carboxylic acid groups (broad SMARTS) is 1. The van der Waals surface area contributed by atoms with Gasteiger partial charge in [-0.1, -0.05) is 13.8 Å². The zero-order valence-electron chi connectivity index (χ0n) is 11.7. The standard InChI is InChI=1S/C14H16BrN3O3/c1-8(2)5-12(13(19)20)18-14(21)17-11-4-3-9(7-16)6-10(11)15/h3-4,6,8,12H,5H2,1-2H3,(H,19,20)(H2,17,18,21)/t12-/m1/s1. The van der Waals surface area contributed by atoms with Crippen molar-refractivity contribution >= 4 is 33.6 Å². The third kappa shape index (κ3) is 5.44. The number of anilines is 1. The second-order valence-corrected chi connectivity index (χ2v) is 5.78. The number of benzene rings is 1. The van der Waals surface area contributed by atoms with Crippen molar-refractivity contribution in [3.63, 3.8) is 0 Å². The maximum Gasteiger partial charge on any atom is 0.326 e. The molecule has 1 rings (SSSR count). The van der Waals surface area contributed by atoms with Crippen LogP contribution in [0.3, 0.4) is 0 Å². The topological polar surface area (TPSA) is 102 Å². The molecule has 0 fully saturated rings. The number of rotatable bonds is 5. The number of nitrogens with one attached hydrogen (secondary N) is 2. The molecule has 0 aliphatic rings. The zero-order chi connectivity index (χ0) is 16.0. The first-order valence-electron chi connectivity index (χ1n) is 6.33. The van der Waals surface area contributed by atoms with Gasteiger partial charge in [-0.3, -0.25) is 0 Å². The molecule has 0 bridgehead atoms. The monoisotopic (exact) mass is 353 g/mol. The van der Waals surface area contributed by atoms with Crippen LogP contribution in [0.15, 0.2) is 22.7 Å². The van der Waals surface area contributed by atoms with E-state index in [4.69, 9.17) is 10.4 Å². The van der Waals surface area contributed by atoms with E-state index in [-0.39, 0.29) is 5.92 Å². The molecule has 0 aliphatic carbocycles. The Morgan fingerprint density at radius 3 is 2.57 bits per heavy atom. The second kappa shape index (κ2) is 7.64. The van der Waals surface area contributed by atoms with Crippen LogP contribution >= 0.6 is 15.9 Å². The fourth-order valence-corrected chi connectivity index (χ4v) is 2.17. The van der Waals surface area contributed by atoms with E-state index in [1.807, 2.05) is 19.9 Å². The van der Waals surface area contributed by atoms with E-state index in [1.54, 1.807) is 18.2 Å². The number of hydrogen-bond acceptors (Lipinski definition) is 3. The van der Waals surface area contributed by atoms with Gasteiger partial charge in [0, 0.05) is 4.47 Å². The summed E-state index contributed by atoms with van der Waals surface area (Å²) in [4.78, 5) is 22.9. The maximum atomic E-state index is 11.8. The molecule has 0 saturated carbocycles. The molecule has 3 N–H and O–H groups in total. The first-order chi connectivity index (χ1) is 9.83. The van der Waals surface area contributed by atoms with Gasteiger partial charge in [-0.2, -0.15) is 5.26 Å². The van der Waals surface area contributed by atoms with Crippen molar-refractivity contribution in [2.45, 2.75) is 26.3 Å². The highest BCUT2D eigenvalue weighted by atomic mass is 79.9. The van der Waals surface area contributed by atoms with Crippen LogP contribution < -0.4 is 10.6 Å². The van der Waals surface area contributed by atoms with Crippen LogP contribution in [0, 0.1) is 17.2 Å². The Balaban J connectivity index is 2.72. The van der Waals surface area contributed by atoms with Gasteiger partial charge in [-0.15, -0.1) is 0 Å². The van der Waals surface area contributed by atoms with E-state index in [0.717, 1.165) is 0 Å². The van der Waals surface area contributed by atoms with Crippen molar-refractivity contribution < 1.29 is 14.7 Å². The van der Waals surface area contributed by atoms with Gasteiger partial charge < -0.3 is 15.7 Å². The molecule has 0 aromatic heterocycles. The van der Waals surface area contributed by atoms with Crippen LogP contribution in [0.4, 0.5) is 10.5 Å². The lowest BCUT2D eigenvalue weighted by Gasteiger charge is -2.17. The number of hydrogen-bond donors (Lipinski definition) is 3. The van der Waals surface area contributed by atoms with Gasteiger partial charge in [0.05, 0.1) is 17.3 Å². The highest BCUT2D eigenvalue weighted by Gasteiger charge is 2.21. The van der Waals surface area contributed by atoms with Gasteiger partial charge in [-0.05, 0) is 46.5 Å². The molecule has 1 aromatic rings. The van der Waals surface area contributed by atoms with E-state index in [9.17, 15) is 9.59 Å². The maximum absolute atomic E-state index is 11.8. The summed E-state index contributed by atoms with van der Waals surface area (Å²) >= 11 is 3.24. The Morgan fingerprint density at radius 1 is 1.43 bits per heavy atom. The highest BCUT2D eigenvalue weighted by Crippen LogP contribution is 2.23. The second-order valence-electron chi connectivity index (χ2n) is 4.93. The van der Waals surface area contributed by atoms with Gasteiger partial charge in [0.1, 0.15) is 6.04 Å². The number of carbonyl (C=O) groups is 2. The fourth-order valence-electron chi connectivity index (χ4n) is 1.70. The minimum absolute atomic E-state index is 0.146. The minimum Gasteiger partial charge on any atom is -0.480 e. The van der Waals surface area contributed by atoms with Crippen molar-refractivity contribution in [3.05, 3.63) is 28.2 Å². The zero-order valence-corrected chi connectivity index (χ0v) is 13.3. The Labute approximate surface area is 131 Å². The normalized spacial score (nSPS) is 11.6. The number of carbonyl (C=O) groups excluding carboxylic acids is 1. The van der Waals surface area contributed by atoms with E-state index < -0.39 is 18.0 Å². The number of nitrogens with zero attached hydrogens (tertiary/aromatic N) is 1. The molecule has 1 aromatic carbocycles. The van der Waals surface area contributed by atoms with Gasteiger partial charge in [0.15, 0.2) is 0 Å². The molecule has 0 heterocycles. The van der Waals surface area contributed by atoms with Gasteiger partial charge in [0.25, 0.3) is 0 Å². The average Bonchev–Trinajstić information content (AvgIpc) is 2.39. The first kappa shape index (κ1) is 17.0. The van der Waals surface area contributed by atoms with Crippen molar-refractivity contribution in [2.75, 3.05) is 5.32 Å². The van der Waals surface area contributed by atoms with Gasteiger partial charge in [-0.25, -0.2) is 9.59 Å². The number of aliphatic carboxylic acids is 1. The molecule has 0 spiro atoms. The molecule has 1 atom stereocenters. The van der Waals surface area contributed by atoms with Crippen LogP contribution in [-0.2, 0) is 4.79 Å². The number of carboxylic acids is 1. The quantitative estimate of drug-likeness (QED) is 0.756. The Kier molecular flexibility index (Phi) is 6.18. The molecule has 112 valence electrons. The predicted molar refractivity (Wildman–Crippen MR) is 81.9 cm³/mol. The number of halogens is 1. The van der Waals surface area contributed by atoms with Crippen LogP contribution in [0.2, 0.25) is 0 Å². The minimum atomic E-state index is -1.07. The van der Waals surface area contributed by atoms with Crippen LogP contribution in [0.25, 0.3) is 0 Å². The largest absolute Gasteiger partial charge is 0.480 e. The highest BCUT2D eigenvalue weighted by molar-refractivity contribution is 9.10. The van der Waals surface area contributed by atoms with E-state index in [1.165, 1.54) is 0 Å². The number of amides is 2. The van der Waals surface area contributed by atoms with Gasteiger partial charge in [0.2, 0.25) is 0 Å². The summed E-state index contributed by atoms with van der Waals surface area (Å²) in [6.07, 6.45) is 0.345. The van der Waals surface area contributed by atoms with Crippen LogP contribution in [0.5, 0.6) is 0 Å². The molecular weight excluding hydrogens is 338 g/mol. The summed E-state index contributed by atoms with van der Waals surface area (Å²) < 4.78 is 0.549. The Bertz CT molecular complexity index is 581. The molecule has 6 nitrogen and oxygen atoms in total. The molecule has 2 amide bonds. The number of nitriles is 1. The lowest BCUT2D eigenvalue weighted by Crippen LogP contribution is -2.43. The lowest BCUT2D eigenvalue weighted by atomic mass is 10.0. The molecule has 21 heavy (non-hydrogen) atoms. The van der Waals surface area contributed by atoms with Crippen molar-refractivity contribution in [3.8, 4) is 6.07 Å². The summed E-state index contributed by atoms with van der Waals surface area (Å²) in [5.41, 5.74) is 0.913. The van der Waals surface area contributed by atoms with E-state index >= 15 is 0 Å². The van der Waals surface area contributed by atoms with E-state index in [2.05, 4.69) is 26.6 Å². The van der Waals surface area contributed by atoms with Crippen molar-refractivity contribution in [2.24, 2.45) is 5.92 Å². The van der Waals surface area contributed by atoms with Gasteiger partial charge >= 0.3 is 12.0 Å². The van der Waals surface area contributed by atoms with Crippen LogP contribution in [-0.4, -0.2) is 23.1 Å². The molecule has 0 aliphatic heterocycles. The van der Waals surface area contributed by atoms with Crippen LogP contribution in [0.1, 0.15) is 25.8 Å². The summed E-state index contributed by atoms with van der Waals surface area (Å²) in [6.45, 7) is 3.76. The molecule has 0 radical (unpaired) electrons. The smallest absolute Gasteiger partial charge is 0.326 e. The Morgan fingerprint density at radius 2 is 2.10 bits per heavy atom.